The molecule has 4 aliphatic rings. The van der Waals surface area contributed by atoms with Crippen molar-refractivity contribution in [3.63, 3.8) is 0 Å². The van der Waals surface area contributed by atoms with Gasteiger partial charge in [0.25, 0.3) is 0 Å². The minimum Gasteiger partial charge on any atom is -0.393 e. The average molecular weight is 180 g/mol. The predicted octanol–water partition coefficient (Wildman–Crippen LogP) is 2.44. The lowest BCUT2D eigenvalue weighted by Crippen LogP contribution is -2.57. The van der Waals surface area contributed by atoms with Crippen LogP contribution in [0.2, 0.25) is 0 Å². The molecule has 4 saturated carbocycles. The van der Waals surface area contributed by atoms with Gasteiger partial charge in [-0.1, -0.05) is 13.8 Å². The van der Waals surface area contributed by atoms with E-state index in [1.54, 1.807) is 0 Å². The Labute approximate surface area is 80.5 Å². The fraction of sp³-hybridized carbons (Fsp3) is 1.00. The Kier molecular flexibility index (Phi) is 1.47. The van der Waals surface area contributed by atoms with Crippen LogP contribution in [-0.4, -0.2) is 11.2 Å². The summed E-state index contributed by atoms with van der Waals surface area (Å²) in [5.74, 6) is 3.16. The second-order valence-corrected chi connectivity index (χ2v) is 6.18. The van der Waals surface area contributed by atoms with Gasteiger partial charge in [0.15, 0.2) is 0 Å². The molecule has 0 aromatic heterocycles. The summed E-state index contributed by atoms with van der Waals surface area (Å²) >= 11 is 0. The molecule has 1 heteroatoms. The Bertz CT molecular complexity index is 233. The summed E-state index contributed by atoms with van der Waals surface area (Å²) in [6, 6.07) is 0. The molecule has 0 aromatic rings. The summed E-state index contributed by atoms with van der Waals surface area (Å²) in [5, 5.41) is 10.2. The third kappa shape index (κ3) is 0.918. The van der Waals surface area contributed by atoms with Crippen molar-refractivity contribution in [1.82, 2.24) is 0 Å². The van der Waals surface area contributed by atoms with Crippen molar-refractivity contribution < 1.29 is 5.11 Å². The van der Waals surface area contributed by atoms with Gasteiger partial charge in [0.1, 0.15) is 0 Å². The third-order valence-electron chi connectivity index (χ3n) is 5.33. The van der Waals surface area contributed by atoms with E-state index in [2.05, 4.69) is 13.8 Å². The number of aliphatic hydroxyl groups is 1. The summed E-state index contributed by atoms with van der Waals surface area (Å²) in [5.41, 5.74) is 0.423. The van der Waals surface area contributed by atoms with Crippen LogP contribution < -0.4 is 0 Å². The molecule has 0 aliphatic heterocycles. The highest BCUT2D eigenvalue weighted by molar-refractivity contribution is 5.06. The molecular formula is C12H20O. The second kappa shape index (κ2) is 2.31. The van der Waals surface area contributed by atoms with Gasteiger partial charge in [0.2, 0.25) is 0 Å². The van der Waals surface area contributed by atoms with Crippen molar-refractivity contribution in [3.05, 3.63) is 0 Å². The van der Waals surface area contributed by atoms with Crippen LogP contribution in [0, 0.1) is 29.1 Å². The quantitative estimate of drug-likeness (QED) is 0.607. The molecule has 13 heavy (non-hydrogen) atoms. The Morgan fingerprint density at radius 3 is 2.62 bits per heavy atom. The monoisotopic (exact) mass is 180 g/mol. The zero-order valence-electron chi connectivity index (χ0n) is 8.66. The molecule has 0 spiro atoms. The minimum atomic E-state index is 0.0304. The molecule has 4 fully saturated rings. The fourth-order valence-electron chi connectivity index (χ4n) is 4.44. The zero-order valence-corrected chi connectivity index (χ0v) is 8.66. The predicted molar refractivity (Wildman–Crippen MR) is 52.2 cm³/mol. The first-order valence-electron chi connectivity index (χ1n) is 5.77. The van der Waals surface area contributed by atoms with E-state index in [4.69, 9.17) is 0 Å². The summed E-state index contributed by atoms with van der Waals surface area (Å²) in [7, 11) is 0. The highest BCUT2D eigenvalue weighted by atomic mass is 16.3. The van der Waals surface area contributed by atoms with Gasteiger partial charge in [-0.15, -0.1) is 0 Å². The molecule has 1 N–H and O–H groups in total. The van der Waals surface area contributed by atoms with E-state index < -0.39 is 0 Å². The number of aliphatic hydroxyl groups excluding tert-OH is 1. The summed E-state index contributed by atoms with van der Waals surface area (Å²) < 4.78 is 0. The molecule has 1 nitrogen and oxygen atoms in total. The van der Waals surface area contributed by atoms with Crippen LogP contribution in [0.4, 0.5) is 0 Å². The van der Waals surface area contributed by atoms with Gasteiger partial charge in [-0.2, -0.15) is 0 Å². The smallest absolute Gasteiger partial charge is 0.0602 e. The maximum Gasteiger partial charge on any atom is 0.0602 e. The molecule has 4 rings (SSSR count). The van der Waals surface area contributed by atoms with Crippen LogP contribution >= 0.6 is 0 Å². The molecule has 5 unspecified atom stereocenters. The maximum absolute atomic E-state index is 10.2. The Morgan fingerprint density at radius 2 is 1.85 bits per heavy atom. The largest absolute Gasteiger partial charge is 0.393 e. The summed E-state index contributed by atoms with van der Waals surface area (Å²) in [4.78, 5) is 0. The van der Waals surface area contributed by atoms with Crippen molar-refractivity contribution in [2.45, 2.75) is 45.6 Å². The van der Waals surface area contributed by atoms with E-state index in [0.717, 1.165) is 11.8 Å². The average Bonchev–Trinajstić information content (AvgIpc) is 2.08. The zero-order chi connectivity index (χ0) is 9.22. The SMILES string of the molecule is CC1(C)C2CC3CC(C2)C(O)C1C3. The third-order valence-corrected chi connectivity index (χ3v) is 5.33. The molecule has 0 radical (unpaired) electrons. The van der Waals surface area contributed by atoms with Crippen LogP contribution in [0.15, 0.2) is 0 Å². The maximum atomic E-state index is 10.2. The molecule has 74 valence electrons. The highest BCUT2D eigenvalue weighted by Gasteiger charge is 2.56. The Hall–Kier alpha value is -0.0400. The van der Waals surface area contributed by atoms with Crippen LogP contribution in [0.5, 0.6) is 0 Å². The van der Waals surface area contributed by atoms with Gasteiger partial charge in [0.05, 0.1) is 6.10 Å². The van der Waals surface area contributed by atoms with Crippen LogP contribution in [-0.2, 0) is 0 Å². The number of hydrogen-bond acceptors (Lipinski definition) is 1. The fourth-order valence-corrected chi connectivity index (χ4v) is 4.44. The molecule has 0 heterocycles. The lowest BCUT2D eigenvalue weighted by molar-refractivity contribution is -0.165. The van der Waals surface area contributed by atoms with Crippen molar-refractivity contribution in [3.8, 4) is 0 Å². The molecule has 5 atom stereocenters. The Morgan fingerprint density at radius 1 is 1.08 bits per heavy atom. The van der Waals surface area contributed by atoms with E-state index in [1.807, 2.05) is 0 Å². The lowest BCUT2D eigenvalue weighted by Gasteiger charge is -2.61. The van der Waals surface area contributed by atoms with Gasteiger partial charge in [-0.3, -0.25) is 0 Å². The van der Waals surface area contributed by atoms with E-state index >= 15 is 0 Å². The van der Waals surface area contributed by atoms with E-state index in [-0.39, 0.29) is 6.10 Å². The van der Waals surface area contributed by atoms with Gasteiger partial charge >= 0.3 is 0 Å². The topological polar surface area (TPSA) is 20.2 Å². The molecule has 0 saturated heterocycles. The van der Waals surface area contributed by atoms with Crippen LogP contribution in [0.1, 0.15) is 39.5 Å². The van der Waals surface area contributed by atoms with Crippen molar-refractivity contribution in [2.24, 2.45) is 29.1 Å². The normalized spacial score (nSPS) is 57.0. The van der Waals surface area contributed by atoms with E-state index in [0.29, 0.717) is 17.3 Å². The first-order valence-corrected chi connectivity index (χ1v) is 5.77. The van der Waals surface area contributed by atoms with Crippen LogP contribution in [0.25, 0.3) is 0 Å². The first-order chi connectivity index (χ1) is 6.09. The van der Waals surface area contributed by atoms with Gasteiger partial charge in [-0.25, -0.2) is 0 Å². The molecule has 4 aliphatic carbocycles. The number of hydrogen-bond donors (Lipinski definition) is 1. The lowest BCUT2D eigenvalue weighted by atomic mass is 9.45. The number of rotatable bonds is 0. The summed E-state index contributed by atoms with van der Waals surface area (Å²) in [6.45, 7) is 4.76. The molecule has 0 amide bonds. The second-order valence-electron chi connectivity index (χ2n) is 6.18. The molecule has 4 bridgehead atoms. The van der Waals surface area contributed by atoms with E-state index in [9.17, 15) is 5.11 Å². The first kappa shape index (κ1) is 8.28. The van der Waals surface area contributed by atoms with Crippen LogP contribution in [0.3, 0.4) is 0 Å². The van der Waals surface area contributed by atoms with E-state index in [1.165, 1.54) is 25.7 Å². The minimum absolute atomic E-state index is 0.0304. The van der Waals surface area contributed by atoms with Gasteiger partial charge in [0, 0.05) is 0 Å². The standard InChI is InChI=1S/C12H20O/c1-12(2)9-4-7-3-8(6-9)11(13)10(12)5-7/h7-11,13H,3-6H2,1-2H3. The van der Waals surface area contributed by atoms with Crippen molar-refractivity contribution in [2.75, 3.05) is 0 Å². The van der Waals surface area contributed by atoms with Crippen molar-refractivity contribution in [1.29, 1.82) is 0 Å². The van der Waals surface area contributed by atoms with Gasteiger partial charge < -0.3 is 5.11 Å². The molecule has 0 aromatic carbocycles. The molecular weight excluding hydrogens is 160 g/mol. The highest BCUT2D eigenvalue weighted by Crippen LogP contribution is 2.61. The Balaban J connectivity index is 1.99. The van der Waals surface area contributed by atoms with Crippen molar-refractivity contribution >= 4 is 0 Å². The van der Waals surface area contributed by atoms with Gasteiger partial charge in [-0.05, 0) is 54.8 Å². The summed E-state index contributed by atoms with van der Waals surface area (Å²) in [6.07, 6.45) is 5.42.